The summed E-state index contributed by atoms with van der Waals surface area (Å²) in [5, 5.41) is 7.79. The Bertz CT molecular complexity index is 446. The van der Waals surface area contributed by atoms with Gasteiger partial charge in [0.2, 0.25) is 5.91 Å². The van der Waals surface area contributed by atoms with Gasteiger partial charge < -0.3 is 16.4 Å². The van der Waals surface area contributed by atoms with Crippen LogP contribution in [0.25, 0.3) is 0 Å². The topological polar surface area (TPSA) is 101 Å². The molecule has 0 bridgehead atoms. The summed E-state index contributed by atoms with van der Waals surface area (Å²) in [7, 11) is 0. The van der Waals surface area contributed by atoms with Gasteiger partial charge in [0.05, 0.1) is 12.2 Å². The summed E-state index contributed by atoms with van der Waals surface area (Å²) in [6.07, 6.45) is 0. The number of nitrogens with zero attached hydrogens (tertiary/aromatic N) is 4. The Kier molecular flexibility index (Phi) is 3.83. The fraction of sp³-hybridized carbons (Fsp3) is 0.500. The normalized spacial score (nSPS) is 16.8. The van der Waals surface area contributed by atoms with Crippen molar-refractivity contribution in [1.29, 1.82) is 0 Å². The molecule has 2 rings (SSSR count). The first-order valence-corrected chi connectivity index (χ1v) is 5.98. The number of hydrogen-bond acceptors (Lipinski definition) is 6. The minimum absolute atomic E-state index is 0.290. The molecule has 2 heterocycles. The zero-order valence-corrected chi connectivity index (χ0v) is 10.6. The SMILES string of the molecule is NC(=O)CN1CCN(c2cc(Cl)nnc2N)CC1. The van der Waals surface area contributed by atoms with Crippen molar-refractivity contribution in [3.05, 3.63) is 11.2 Å². The van der Waals surface area contributed by atoms with Crippen LogP contribution in [0.4, 0.5) is 11.5 Å². The molecule has 1 fully saturated rings. The summed E-state index contributed by atoms with van der Waals surface area (Å²) >= 11 is 5.81. The monoisotopic (exact) mass is 270 g/mol. The lowest BCUT2D eigenvalue weighted by Gasteiger charge is -2.35. The standard InChI is InChI=1S/C10H15ClN6O/c11-8-5-7(10(13)15-14-8)17-3-1-16(2-4-17)6-9(12)18/h5H,1-4,6H2,(H2,12,18)(H2,13,15). The lowest BCUT2D eigenvalue weighted by atomic mass is 10.2. The first-order valence-electron chi connectivity index (χ1n) is 5.60. The zero-order valence-electron chi connectivity index (χ0n) is 9.84. The molecule has 1 aliphatic heterocycles. The Morgan fingerprint density at radius 3 is 2.61 bits per heavy atom. The van der Waals surface area contributed by atoms with E-state index in [1.54, 1.807) is 6.07 Å². The molecule has 0 atom stereocenters. The van der Waals surface area contributed by atoms with Gasteiger partial charge in [0.25, 0.3) is 0 Å². The number of nitrogens with two attached hydrogens (primary N) is 2. The number of anilines is 2. The predicted octanol–water partition coefficient (Wildman–Crippen LogP) is -0.680. The Hall–Kier alpha value is -1.60. The Morgan fingerprint density at radius 2 is 2.00 bits per heavy atom. The van der Waals surface area contributed by atoms with Crippen LogP contribution in [0.5, 0.6) is 0 Å². The summed E-state index contributed by atoms with van der Waals surface area (Å²) in [5.74, 6) is 0.0549. The van der Waals surface area contributed by atoms with Crippen molar-refractivity contribution in [3.8, 4) is 0 Å². The largest absolute Gasteiger partial charge is 0.380 e. The number of carbonyl (C=O) groups excluding carboxylic acids is 1. The van der Waals surface area contributed by atoms with Crippen LogP contribution in [0.1, 0.15) is 0 Å². The minimum Gasteiger partial charge on any atom is -0.380 e. The van der Waals surface area contributed by atoms with Crippen molar-refractivity contribution < 1.29 is 4.79 Å². The first-order chi connectivity index (χ1) is 8.56. The highest BCUT2D eigenvalue weighted by Gasteiger charge is 2.20. The summed E-state index contributed by atoms with van der Waals surface area (Å²) < 4.78 is 0. The van der Waals surface area contributed by atoms with Gasteiger partial charge in [-0.2, -0.15) is 0 Å². The molecule has 0 radical (unpaired) electrons. The second kappa shape index (κ2) is 5.36. The Labute approximate surface area is 110 Å². The average molecular weight is 271 g/mol. The molecule has 1 saturated heterocycles. The number of piperazine rings is 1. The second-order valence-corrected chi connectivity index (χ2v) is 4.55. The lowest BCUT2D eigenvalue weighted by Crippen LogP contribution is -2.49. The number of primary amides is 1. The molecule has 0 spiro atoms. The van der Waals surface area contributed by atoms with Crippen LogP contribution in [0, 0.1) is 0 Å². The third-order valence-electron chi connectivity index (χ3n) is 2.86. The molecule has 1 aromatic rings. The Balaban J connectivity index is 2.01. The summed E-state index contributed by atoms with van der Waals surface area (Å²) in [4.78, 5) is 14.9. The molecule has 1 aromatic heterocycles. The van der Waals surface area contributed by atoms with Gasteiger partial charge in [-0.3, -0.25) is 9.69 Å². The average Bonchev–Trinajstić information content (AvgIpc) is 2.33. The van der Waals surface area contributed by atoms with E-state index >= 15 is 0 Å². The van der Waals surface area contributed by atoms with Gasteiger partial charge in [-0.1, -0.05) is 11.6 Å². The zero-order chi connectivity index (χ0) is 13.1. The van der Waals surface area contributed by atoms with E-state index in [2.05, 4.69) is 15.1 Å². The van der Waals surface area contributed by atoms with E-state index in [4.69, 9.17) is 23.1 Å². The van der Waals surface area contributed by atoms with E-state index in [-0.39, 0.29) is 5.91 Å². The number of rotatable bonds is 3. The fourth-order valence-electron chi connectivity index (χ4n) is 1.99. The predicted molar refractivity (Wildman–Crippen MR) is 69.3 cm³/mol. The van der Waals surface area contributed by atoms with Crippen LogP contribution >= 0.6 is 11.6 Å². The van der Waals surface area contributed by atoms with Gasteiger partial charge in [-0.05, 0) is 0 Å². The first kappa shape index (κ1) is 12.8. The number of halogens is 1. The summed E-state index contributed by atoms with van der Waals surface area (Å²) in [5.41, 5.74) is 11.7. The van der Waals surface area contributed by atoms with Gasteiger partial charge in [0, 0.05) is 32.2 Å². The molecule has 98 valence electrons. The third kappa shape index (κ3) is 2.99. The maximum absolute atomic E-state index is 10.8. The number of aromatic nitrogens is 2. The summed E-state index contributed by atoms with van der Waals surface area (Å²) in [6.45, 7) is 3.29. The molecule has 0 unspecified atom stereocenters. The van der Waals surface area contributed by atoms with E-state index in [1.165, 1.54) is 0 Å². The van der Waals surface area contributed by atoms with Crippen molar-refractivity contribution >= 4 is 29.0 Å². The van der Waals surface area contributed by atoms with E-state index in [0.717, 1.165) is 31.9 Å². The van der Waals surface area contributed by atoms with Crippen LogP contribution in [0.2, 0.25) is 5.15 Å². The molecule has 8 heteroatoms. The van der Waals surface area contributed by atoms with Crippen LogP contribution in [-0.4, -0.2) is 53.7 Å². The van der Waals surface area contributed by atoms with Gasteiger partial charge in [-0.15, -0.1) is 10.2 Å². The van der Waals surface area contributed by atoms with Crippen molar-refractivity contribution in [2.75, 3.05) is 43.4 Å². The summed E-state index contributed by atoms with van der Waals surface area (Å²) in [6, 6.07) is 1.70. The quantitative estimate of drug-likeness (QED) is 0.755. The molecule has 7 nitrogen and oxygen atoms in total. The number of carbonyl (C=O) groups is 1. The van der Waals surface area contributed by atoms with E-state index in [0.29, 0.717) is 17.5 Å². The van der Waals surface area contributed by atoms with Gasteiger partial charge in [-0.25, -0.2) is 0 Å². The number of amides is 1. The van der Waals surface area contributed by atoms with Crippen LogP contribution in [-0.2, 0) is 4.79 Å². The maximum atomic E-state index is 10.8. The molecule has 4 N–H and O–H groups in total. The number of hydrogen-bond donors (Lipinski definition) is 2. The van der Waals surface area contributed by atoms with E-state index in [1.807, 2.05) is 4.90 Å². The molecular formula is C10H15ClN6O. The maximum Gasteiger partial charge on any atom is 0.231 e. The molecule has 0 aromatic carbocycles. The van der Waals surface area contributed by atoms with Crippen molar-refractivity contribution in [2.45, 2.75) is 0 Å². The van der Waals surface area contributed by atoms with Gasteiger partial charge >= 0.3 is 0 Å². The van der Waals surface area contributed by atoms with E-state index in [9.17, 15) is 4.79 Å². The van der Waals surface area contributed by atoms with Crippen LogP contribution < -0.4 is 16.4 Å². The molecule has 0 aliphatic carbocycles. The smallest absolute Gasteiger partial charge is 0.231 e. The van der Waals surface area contributed by atoms with Crippen LogP contribution in [0.3, 0.4) is 0 Å². The molecular weight excluding hydrogens is 256 g/mol. The van der Waals surface area contributed by atoms with Crippen LogP contribution in [0.15, 0.2) is 6.07 Å². The molecule has 0 saturated carbocycles. The lowest BCUT2D eigenvalue weighted by molar-refractivity contribution is -0.119. The van der Waals surface area contributed by atoms with Crippen molar-refractivity contribution in [1.82, 2.24) is 15.1 Å². The molecule has 1 amide bonds. The second-order valence-electron chi connectivity index (χ2n) is 4.17. The van der Waals surface area contributed by atoms with E-state index < -0.39 is 0 Å². The highest BCUT2D eigenvalue weighted by Crippen LogP contribution is 2.23. The fourth-order valence-corrected chi connectivity index (χ4v) is 2.13. The van der Waals surface area contributed by atoms with Crippen molar-refractivity contribution in [3.63, 3.8) is 0 Å². The molecule has 1 aliphatic rings. The Morgan fingerprint density at radius 1 is 1.33 bits per heavy atom. The molecule has 18 heavy (non-hydrogen) atoms. The number of nitrogen functional groups attached to an aromatic ring is 1. The highest BCUT2D eigenvalue weighted by atomic mass is 35.5. The minimum atomic E-state index is -0.309. The van der Waals surface area contributed by atoms with Crippen molar-refractivity contribution in [2.24, 2.45) is 5.73 Å². The van der Waals surface area contributed by atoms with Gasteiger partial charge in [0.15, 0.2) is 11.0 Å². The highest BCUT2D eigenvalue weighted by molar-refractivity contribution is 6.29. The van der Waals surface area contributed by atoms with Gasteiger partial charge in [0.1, 0.15) is 0 Å². The third-order valence-corrected chi connectivity index (χ3v) is 3.05.